The zero-order valence-electron chi connectivity index (χ0n) is 14.6. The van der Waals surface area contributed by atoms with Gasteiger partial charge >= 0.3 is 0 Å². The zero-order valence-corrected chi connectivity index (χ0v) is 14.6. The number of fused-ring (bicyclic) bond motifs is 2. The van der Waals surface area contributed by atoms with Crippen LogP contribution in [0, 0.1) is 13.8 Å². The van der Waals surface area contributed by atoms with E-state index in [0.29, 0.717) is 6.42 Å². The Labute approximate surface area is 147 Å². The lowest BCUT2D eigenvalue weighted by Crippen LogP contribution is -2.36. The molecule has 1 aliphatic rings. The van der Waals surface area contributed by atoms with Gasteiger partial charge in [-0.15, -0.1) is 0 Å². The Morgan fingerprint density at radius 3 is 2.88 bits per heavy atom. The van der Waals surface area contributed by atoms with Crippen molar-refractivity contribution in [3.05, 3.63) is 58.8 Å². The maximum atomic E-state index is 13.0. The van der Waals surface area contributed by atoms with Gasteiger partial charge in [0, 0.05) is 28.9 Å². The van der Waals surface area contributed by atoms with Crippen LogP contribution in [0.5, 0.6) is 0 Å². The predicted octanol–water partition coefficient (Wildman–Crippen LogP) is 4.15. The molecule has 4 rings (SSSR count). The van der Waals surface area contributed by atoms with Crippen molar-refractivity contribution >= 4 is 28.3 Å². The molecular formula is C21H22N2O2. The molecule has 2 aromatic carbocycles. The van der Waals surface area contributed by atoms with Crippen molar-refractivity contribution in [1.82, 2.24) is 0 Å². The molecule has 128 valence electrons. The van der Waals surface area contributed by atoms with Gasteiger partial charge in [-0.2, -0.15) is 0 Å². The number of aryl methyl sites for hydroxylation is 2. The number of nitrogens with zero attached hydrogens (tertiary/aromatic N) is 1. The Morgan fingerprint density at radius 2 is 2.04 bits per heavy atom. The molecule has 0 atom stereocenters. The maximum absolute atomic E-state index is 13.0. The predicted molar refractivity (Wildman–Crippen MR) is 101 cm³/mol. The molecule has 0 radical (unpaired) electrons. The minimum atomic E-state index is 0.0903. The van der Waals surface area contributed by atoms with Gasteiger partial charge in [0.25, 0.3) is 0 Å². The first-order valence-electron chi connectivity index (χ1n) is 8.69. The fourth-order valence-corrected chi connectivity index (χ4v) is 3.64. The number of rotatable bonds is 2. The maximum Gasteiger partial charge on any atom is 0.231 e. The van der Waals surface area contributed by atoms with Gasteiger partial charge in [0.1, 0.15) is 5.58 Å². The van der Waals surface area contributed by atoms with E-state index in [1.165, 1.54) is 11.1 Å². The lowest BCUT2D eigenvalue weighted by molar-refractivity contribution is -0.118. The summed E-state index contributed by atoms with van der Waals surface area (Å²) in [5.41, 5.74) is 13.1. The highest BCUT2D eigenvalue weighted by atomic mass is 16.3. The SMILES string of the molecule is Cc1cc2occ(CC(=O)N3CCCc4c(N)cccc43)c2cc1C. The van der Waals surface area contributed by atoms with Crippen molar-refractivity contribution in [2.24, 2.45) is 0 Å². The van der Waals surface area contributed by atoms with Crippen LogP contribution in [-0.4, -0.2) is 12.5 Å². The van der Waals surface area contributed by atoms with Crippen molar-refractivity contribution in [3.63, 3.8) is 0 Å². The van der Waals surface area contributed by atoms with E-state index in [0.717, 1.165) is 52.9 Å². The molecule has 4 heteroatoms. The van der Waals surface area contributed by atoms with Crippen LogP contribution >= 0.6 is 0 Å². The molecule has 3 aromatic rings. The number of anilines is 2. The van der Waals surface area contributed by atoms with E-state index in [2.05, 4.69) is 19.9 Å². The zero-order chi connectivity index (χ0) is 17.6. The summed E-state index contributed by atoms with van der Waals surface area (Å²) >= 11 is 0. The van der Waals surface area contributed by atoms with Crippen molar-refractivity contribution in [3.8, 4) is 0 Å². The number of nitrogen functional groups attached to an aromatic ring is 1. The fraction of sp³-hybridized carbons (Fsp3) is 0.286. The number of carbonyl (C=O) groups excluding carboxylic acids is 1. The van der Waals surface area contributed by atoms with Gasteiger partial charge in [-0.25, -0.2) is 0 Å². The van der Waals surface area contributed by atoms with E-state index in [1.807, 2.05) is 29.2 Å². The van der Waals surface area contributed by atoms with Gasteiger partial charge in [-0.3, -0.25) is 4.79 Å². The van der Waals surface area contributed by atoms with Crippen LogP contribution < -0.4 is 10.6 Å². The van der Waals surface area contributed by atoms with Crippen molar-refractivity contribution < 1.29 is 9.21 Å². The van der Waals surface area contributed by atoms with E-state index in [4.69, 9.17) is 10.2 Å². The van der Waals surface area contributed by atoms with Crippen LogP contribution in [0.3, 0.4) is 0 Å². The number of amides is 1. The summed E-state index contributed by atoms with van der Waals surface area (Å²) in [6.45, 7) is 4.89. The quantitative estimate of drug-likeness (QED) is 0.716. The summed E-state index contributed by atoms with van der Waals surface area (Å²) in [4.78, 5) is 14.8. The second-order valence-electron chi connectivity index (χ2n) is 6.86. The molecule has 0 fully saturated rings. The van der Waals surface area contributed by atoms with Crippen molar-refractivity contribution in [2.75, 3.05) is 17.2 Å². The molecule has 2 N–H and O–H groups in total. The average molecular weight is 334 g/mol. The molecule has 0 saturated heterocycles. The Kier molecular flexibility index (Phi) is 3.75. The first kappa shape index (κ1) is 15.8. The third kappa shape index (κ3) is 2.68. The largest absolute Gasteiger partial charge is 0.464 e. The average Bonchev–Trinajstić information content (AvgIpc) is 2.97. The molecule has 0 saturated carbocycles. The van der Waals surface area contributed by atoms with Gasteiger partial charge in [-0.1, -0.05) is 6.07 Å². The Bertz CT molecular complexity index is 971. The second-order valence-corrected chi connectivity index (χ2v) is 6.86. The molecule has 0 bridgehead atoms. The third-order valence-corrected chi connectivity index (χ3v) is 5.20. The lowest BCUT2D eigenvalue weighted by Gasteiger charge is -2.30. The molecule has 0 spiro atoms. The number of furan rings is 1. The summed E-state index contributed by atoms with van der Waals surface area (Å²) in [5.74, 6) is 0.0903. The molecule has 2 heterocycles. The van der Waals surface area contributed by atoms with Crippen LogP contribution in [0.15, 0.2) is 41.0 Å². The van der Waals surface area contributed by atoms with Crippen LogP contribution in [0.4, 0.5) is 11.4 Å². The summed E-state index contributed by atoms with van der Waals surface area (Å²) < 4.78 is 5.67. The summed E-state index contributed by atoms with van der Waals surface area (Å²) in [5, 5.41) is 1.03. The molecule has 1 aliphatic heterocycles. The normalized spacial score (nSPS) is 13.9. The highest BCUT2D eigenvalue weighted by Crippen LogP contribution is 2.32. The van der Waals surface area contributed by atoms with Crippen molar-refractivity contribution in [1.29, 1.82) is 0 Å². The number of hydrogen-bond donors (Lipinski definition) is 1. The summed E-state index contributed by atoms with van der Waals surface area (Å²) in [6.07, 6.45) is 3.92. The smallest absolute Gasteiger partial charge is 0.231 e. The van der Waals surface area contributed by atoms with E-state index in [-0.39, 0.29) is 5.91 Å². The Balaban J connectivity index is 1.66. The highest BCUT2D eigenvalue weighted by molar-refractivity contribution is 5.98. The van der Waals surface area contributed by atoms with Crippen molar-refractivity contribution in [2.45, 2.75) is 33.1 Å². The van der Waals surface area contributed by atoms with Crippen LogP contribution in [0.2, 0.25) is 0 Å². The van der Waals surface area contributed by atoms with E-state index < -0.39 is 0 Å². The van der Waals surface area contributed by atoms with E-state index in [9.17, 15) is 4.79 Å². The van der Waals surface area contributed by atoms with E-state index >= 15 is 0 Å². The minimum absolute atomic E-state index is 0.0903. The van der Waals surface area contributed by atoms with Crippen LogP contribution in [0.25, 0.3) is 11.0 Å². The monoisotopic (exact) mass is 334 g/mol. The first-order chi connectivity index (χ1) is 12.0. The van der Waals surface area contributed by atoms with E-state index in [1.54, 1.807) is 6.26 Å². The number of benzene rings is 2. The molecule has 4 nitrogen and oxygen atoms in total. The minimum Gasteiger partial charge on any atom is -0.464 e. The van der Waals surface area contributed by atoms with Gasteiger partial charge in [0.05, 0.1) is 12.7 Å². The Hall–Kier alpha value is -2.75. The van der Waals surface area contributed by atoms with Gasteiger partial charge in [-0.05, 0) is 67.6 Å². The van der Waals surface area contributed by atoms with Gasteiger partial charge < -0.3 is 15.1 Å². The Morgan fingerprint density at radius 1 is 1.24 bits per heavy atom. The third-order valence-electron chi connectivity index (χ3n) is 5.20. The summed E-state index contributed by atoms with van der Waals surface area (Å²) in [6, 6.07) is 9.96. The first-order valence-corrected chi connectivity index (χ1v) is 8.69. The number of hydrogen-bond acceptors (Lipinski definition) is 3. The molecular weight excluding hydrogens is 312 g/mol. The van der Waals surface area contributed by atoms with Crippen LogP contribution in [-0.2, 0) is 17.6 Å². The summed E-state index contributed by atoms with van der Waals surface area (Å²) in [7, 11) is 0. The van der Waals surface area contributed by atoms with Gasteiger partial charge in [0.15, 0.2) is 0 Å². The fourth-order valence-electron chi connectivity index (χ4n) is 3.64. The standard InChI is InChI=1S/C21H22N2O2/c1-13-9-17-15(12-25-20(17)10-14(13)2)11-21(24)23-8-4-5-16-18(22)6-3-7-19(16)23/h3,6-7,9-10,12H,4-5,8,11,22H2,1-2H3. The number of carbonyl (C=O) groups is 1. The topological polar surface area (TPSA) is 59.5 Å². The lowest BCUT2D eigenvalue weighted by atomic mass is 9.98. The second kappa shape index (κ2) is 5.96. The van der Waals surface area contributed by atoms with Gasteiger partial charge in [0.2, 0.25) is 5.91 Å². The molecule has 25 heavy (non-hydrogen) atoms. The van der Waals surface area contributed by atoms with Crippen LogP contribution in [0.1, 0.15) is 28.7 Å². The molecule has 0 aliphatic carbocycles. The molecule has 1 aromatic heterocycles. The molecule has 1 amide bonds. The highest BCUT2D eigenvalue weighted by Gasteiger charge is 2.24. The molecule has 0 unspecified atom stereocenters. The number of nitrogens with two attached hydrogens (primary N) is 1.